The molecule has 1 N–H and O–H groups in total. The van der Waals surface area contributed by atoms with Gasteiger partial charge in [0, 0.05) is 17.3 Å². The van der Waals surface area contributed by atoms with Crippen LogP contribution in [0.3, 0.4) is 0 Å². The molecule has 1 heterocycles. The van der Waals surface area contributed by atoms with Crippen molar-refractivity contribution in [1.29, 1.82) is 0 Å². The molecular formula is C16H18FNO2. The van der Waals surface area contributed by atoms with E-state index in [9.17, 15) is 9.50 Å². The number of aliphatic hydroxyl groups excluding tert-OH is 1. The molecule has 0 aliphatic rings. The van der Waals surface area contributed by atoms with Crippen LogP contribution in [0.5, 0.6) is 5.75 Å². The van der Waals surface area contributed by atoms with Gasteiger partial charge in [0.25, 0.3) is 0 Å². The first kappa shape index (κ1) is 14.5. The lowest BCUT2D eigenvalue weighted by Gasteiger charge is -2.14. The maximum atomic E-state index is 13.8. The first-order chi connectivity index (χ1) is 9.61. The van der Waals surface area contributed by atoms with Crippen LogP contribution in [-0.2, 0) is 0 Å². The number of aliphatic hydroxyl groups is 1. The number of nitrogens with zero attached hydrogens (tertiary/aromatic N) is 1. The van der Waals surface area contributed by atoms with Crippen LogP contribution >= 0.6 is 0 Å². The third-order valence-electron chi connectivity index (χ3n) is 2.97. The normalized spacial score (nSPS) is 12.2. The molecule has 4 heteroatoms. The highest BCUT2D eigenvalue weighted by Gasteiger charge is 2.16. The Labute approximate surface area is 118 Å². The zero-order chi connectivity index (χ0) is 14.5. The second kappa shape index (κ2) is 6.48. The van der Waals surface area contributed by atoms with E-state index in [1.807, 2.05) is 13.8 Å². The molecule has 0 saturated heterocycles. The lowest BCUT2D eigenvalue weighted by Crippen LogP contribution is -2.04. The van der Waals surface area contributed by atoms with Crippen LogP contribution in [-0.4, -0.2) is 16.7 Å². The SMILES string of the molecule is CCCOc1cncc(C(O)c2cc(C)ccc2F)c1. The Balaban J connectivity index is 2.28. The molecule has 3 nitrogen and oxygen atoms in total. The highest BCUT2D eigenvalue weighted by molar-refractivity contribution is 5.35. The number of hydrogen-bond donors (Lipinski definition) is 1. The molecule has 0 aliphatic heterocycles. The molecule has 0 spiro atoms. The van der Waals surface area contributed by atoms with Gasteiger partial charge < -0.3 is 9.84 Å². The lowest BCUT2D eigenvalue weighted by molar-refractivity contribution is 0.213. The summed E-state index contributed by atoms with van der Waals surface area (Å²) in [6.45, 7) is 4.45. The van der Waals surface area contributed by atoms with E-state index in [2.05, 4.69) is 4.98 Å². The van der Waals surface area contributed by atoms with Gasteiger partial charge in [-0.15, -0.1) is 0 Å². The van der Waals surface area contributed by atoms with Gasteiger partial charge in [-0.1, -0.05) is 24.6 Å². The summed E-state index contributed by atoms with van der Waals surface area (Å²) in [5.74, 6) is 0.152. The summed E-state index contributed by atoms with van der Waals surface area (Å²) in [7, 11) is 0. The van der Waals surface area contributed by atoms with Crippen LogP contribution in [0.2, 0.25) is 0 Å². The minimum Gasteiger partial charge on any atom is -0.492 e. The molecule has 1 aromatic heterocycles. The Kier molecular flexibility index (Phi) is 4.69. The fourth-order valence-corrected chi connectivity index (χ4v) is 1.94. The van der Waals surface area contributed by atoms with Crippen LogP contribution in [0.25, 0.3) is 0 Å². The number of halogens is 1. The summed E-state index contributed by atoms with van der Waals surface area (Å²) in [5, 5.41) is 10.3. The highest BCUT2D eigenvalue weighted by Crippen LogP contribution is 2.26. The van der Waals surface area contributed by atoms with Gasteiger partial charge in [0.05, 0.1) is 12.8 Å². The molecule has 2 rings (SSSR count). The minimum absolute atomic E-state index is 0.249. The van der Waals surface area contributed by atoms with Crippen molar-refractivity contribution in [2.24, 2.45) is 0 Å². The van der Waals surface area contributed by atoms with Gasteiger partial charge in [0.15, 0.2) is 0 Å². The van der Waals surface area contributed by atoms with Crippen molar-refractivity contribution >= 4 is 0 Å². The molecule has 0 aliphatic carbocycles. The van der Waals surface area contributed by atoms with Crippen molar-refractivity contribution in [3.8, 4) is 5.75 Å². The van der Waals surface area contributed by atoms with Crippen LogP contribution in [0.1, 0.15) is 36.1 Å². The lowest BCUT2D eigenvalue weighted by atomic mass is 10.0. The highest BCUT2D eigenvalue weighted by atomic mass is 19.1. The Morgan fingerprint density at radius 3 is 2.85 bits per heavy atom. The third kappa shape index (κ3) is 3.33. The molecule has 1 aromatic carbocycles. The van der Waals surface area contributed by atoms with E-state index in [0.717, 1.165) is 12.0 Å². The maximum Gasteiger partial charge on any atom is 0.137 e. The average molecular weight is 275 g/mol. The molecule has 0 saturated carbocycles. The molecule has 0 radical (unpaired) electrons. The Hall–Kier alpha value is -1.94. The molecule has 0 amide bonds. The minimum atomic E-state index is -1.05. The number of pyridine rings is 1. The molecule has 20 heavy (non-hydrogen) atoms. The van der Waals surface area contributed by atoms with Crippen molar-refractivity contribution in [3.05, 3.63) is 59.2 Å². The molecule has 1 unspecified atom stereocenters. The van der Waals surface area contributed by atoms with E-state index in [-0.39, 0.29) is 5.56 Å². The molecule has 2 aromatic rings. The number of hydrogen-bond acceptors (Lipinski definition) is 3. The summed E-state index contributed by atoms with van der Waals surface area (Å²) in [6, 6.07) is 6.36. The van der Waals surface area contributed by atoms with E-state index in [1.165, 1.54) is 12.3 Å². The summed E-state index contributed by atoms with van der Waals surface area (Å²) in [4.78, 5) is 4.03. The molecule has 106 valence electrons. The van der Waals surface area contributed by atoms with E-state index in [4.69, 9.17) is 4.74 Å². The Morgan fingerprint density at radius 1 is 1.30 bits per heavy atom. The Morgan fingerprint density at radius 2 is 2.10 bits per heavy atom. The van der Waals surface area contributed by atoms with Crippen LogP contribution in [0, 0.1) is 12.7 Å². The number of ether oxygens (including phenoxy) is 1. The van der Waals surface area contributed by atoms with Gasteiger partial charge in [-0.25, -0.2) is 4.39 Å². The molecular weight excluding hydrogens is 257 g/mol. The van der Waals surface area contributed by atoms with Gasteiger partial charge >= 0.3 is 0 Å². The van der Waals surface area contributed by atoms with Crippen molar-refractivity contribution in [1.82, 2.24) is 4.98 Å². The largest absolute Gasteiger partial charge is 0.492 e. The molecule has 0 fully saturated rings. The second-order valence-electron chi connectivity index (χ2n) is 4.73. The van der Waals surface area contributed by atoms with Gasteiger partial charge in [0.1, 0.15) is 17.7 Å². The summed E-state index contributed by atoms with van der Waals surface area (Å²) in [5.41, 5.74) is 1.66. The average Bonchev–Trinajstić information content (AvgIpc) is 2.47. The monoisotopic (exact) mass is 275 g/mol. The molecule has 0 bridgehead atoms. The fourth-order valence-electron chi connectivity index (χ4n) is 1.94. The summed E-state index contributed by atoms with van der Waals surface area (Å²) >= 11 is 0. The molecule has 1 atom stereocenters. The number of benzene rings is 1. The Bertz CT molecular complexity index is 586. The predicted molar refractivity (Wildman–Crippen MR) is 75.2 cm³/mol. The number of rotatable bonds is 5. The van der Waals surface area contributed by atoms with Crippen molar-refractivity contribution in [3.63, 3.8) is 0 Å². The van der Waals surface area contributed by atoms with Crippen molar-refractivity contribution in [2.45, 2.75) is 26.4 Å². The van der Waals surface area contributed by atoms with Gasteiger partial charge in [0.2, 0.25) is 0 Å². The predicted octanol–water partition coefficient (Wildman–Crippen LogP) is 3.40. The van der Waals surface area contributed by atoms with Gasteiger partial charge in [-0.3, -0.25) is 4.98 Å². The zero-order valence-corrected chi connectivity index (χ0v) is 11.6. The number of aryl methyl sites for hydroxylation is 1. The topological polar surface area (TPSA) is 42.4 Å². The van der Waals surface area contributed by atoms with Gasteiger partial charge in [-0.2, -0.15) is 0 Å². The quantitative estimate of drug-likeness (QED) is 0.909. The first-order valence-corrected chi connectivity index (χ1v) is 6.63. The van der Waals surface area contributed by atoms with Crippen molar-refractivity contribution < 1.29 is 14.2 Å². The fraction of sp³-hybridized carbons (Fsp3) is 0.312. The number of aromatic nitrogens is 1. The van der Waals surface area contributed by atoms with E-state index in [0.29, 0.717) is 17.9 Å². The second-order valence-corrected chi connectivity index (χ2v) is 4.73. The first-order valence-electron chi connectivity index (χ1n) is 6.63. The summed E-state index contributed by atoms with van der Waals surface area (Å²) in [6.07, 6.45) is 2.94. The van der Waals surface area contributed by atoms with Gasteiger partial charge in [-0.05, 0) is 25.5 Å². The van der Waals surface area contributed by atoms with E-state index < -0.39 is 11.9 Å². The zero-order valence-electron chi connectivity index (χ0n) is 11.6. The van der Waals surface area contributed by atoms with Crippen LogP contribution in [0.4, 0.5) is 4.39 Å². The van der Waals surface area contributed by atoms with E-state index in [1.54, 1.807) is 24.4 Å². The smallest absolute Gasteiger partial charge is 0.137 e. The van der Waals surface area contributed by atoms with E-state index >= 15 is 0 Å². The third-order valence-corrected chi connectivity index (χ3v) is 2.97. The maximum absolute atomic E-state index is 13.8. The van der Waals surface area contributed by atoms with Crippen LogP contribution < -0.4 is 4.74 Å². The van der Waals surface area contributed by atoms with Crippen LogP contribution in [0.15, 0.2) is 36.7 Å². The summed E-state index contributed by atoms with van der Waals surface area (Å²) < 4.78 is 19.3. The van der Waals surface area contributed by atoms with Crippen molar-refractivity contribution in [2.75, 3.05) is 6.61 Å². The standard InChI is InChI=1S/C16H18FNO2/c1-3-6-20-13-8-12(9-18-10-13)16(19)14-7-11(2)4-5-15(14)17/h4-5,7-10,16,19H,3,6H2,1-2H3.